The predicted octanol–water partition coefficient (Wildman–Crippen LogP) is 4.39. The van der Waals surface area contributed by atoms with E-state index in [2.05, 4.69) is 6.92 Å². The average Bonchev–Trinajstić information content (AvgIpc) is 2.13. The van der Waals surface area contributed by atoms with E-state index in [0.717, 1.165) is 23.2 Å². The number of hydrogen-bond acceptors (Lipinski definition) is 0. The van der Waals surface area contributed by atoms with E-state index in [0.29, 0.717) is 0 Å². The van der Waals surface area contributed by atoms with E-state index in [1.165, 1.54) is 6.42 Å². The molecule has 1 spiro atoms. The lowest BCUT2D eigenvalue weighted by Crippen LogP contribution is -2.46. The van der Waals surface area contributed by atoms with Crippen LogP contribution in [-0.4, -0.2) is 0 Å². The Bertz CT molecular complexity index is 214. The molecule has 0 bridgehead atoms. The monoisotopic (exact) mass is 192 g/mol. The molecule has 14 heavy (non-hydrogen) atoms. The van der Waals surface area contributed by atoms with Crippen LogP contribution in [0, 0.1) is 23.2 Å². The maximum Gasteiger partial charge on any atom is -0.0267 e. The van der Waals surface area contributed by atoms with Crippen molar-refractivity contribution in [1.29, 1.82) is 0 Å². The summed E-state index contributed by atoms with van der Waals surface area (Å²) in [6, 6.07) is 0. The smallest absolute Gasteiger partial charge is 0.0267 e. The zero-order valence-corrected chi connectivity index (χ0v) is 9.60. The summed E-state index contributed by atoms with van der Waals surface area (Å²) in [6.07, 6.45) is 14.1. The van der Waals surface area contributed by atoms with Gasteiger partial charge in [0.05, 0.1) is 0 Å². The molecule has 0 aromatic rings. The van der Waals surface area contributed by atoms with E-state index >= 15 is 0 Å². The molecule has 3 saturated carbocycles. The van der Waals surface area contributed by atoms with Crippen LogP contribution < -0.4 is 0 Å². The number of rotatable bonds is 0. The van der Waals surface area contributed by atoms with Crippen LogP contribution in [0.5, 0.6) is 0 Å². The van der Waals surface area contributed by atoms with Gasteiger partial charge in [-0.25, -0.2) is 0 Å². The second kappa shape index (κ2) is 3.25. The van der Waals surface area contributed by atoms with Crippen LogP contribution in [-0.2, 0) is 0 Å². The van der Waals surface area contributed by atoms with Crippen LogP contribution in [0.25, 0.3) is 0 Å². The maximum atomic E-state index is 2.47. The van der Waals surface area contributed by atoms with Gasteiger partial charge in [-0.3, -0.25) is 0 Å². The van der Waals surface area contributed by atoms with Crippen molar-refractivity contribution in [2.75, 3.05) is 0 Å². The first-order valence-corrected chi connectivity index (χ1v) is 6.80. The van der Waals surface area contributed by atoms with E-state index in [-0.39, 0.29) is 0 Å². The van der Waals surface area contributed by atoms with Crippen molar-refractivity contribution in [2.45, 2.75) is 64.7 Å². The first kappa shape index (κ1) is 9.24. The molecular weight excluding hydrogens is 168 g/mol. The molecule has 3 aliphatic carbocycles. The third kappa shape index (κ3) is 1.26. The minimum absolute atomic E-state index is 0.878. The predicted molar refractivity (Wildman–Crippen MR) is 60.1 cm³/mol. The van der Waals surface area contributed by atoms with Crippen molar-refractivity contribution in [1.82, 2.24) is 0 Å². The fourth-order valence-corrected chi connectivity index (χ4v) is 4.78. The van der Waals surface area contributed by atoms with Crippen LogP contribution in [0.2, 0.25) is 0 Å². The molecule has 0 radical (unpaired) electrons. The quantitative estimate of drug-likeness (QED) is 0.534. The second-order valence-corrected chi connectivity index (χ2v) is 6.39. The Morgan fingerprint density at radius 2 is 1.71 bits per heavy atom. The minimum Gasteiger partial charge on any atom is -0.0625 e. The Kier molecular flexibility index (Phi) is 2.15. The summed E-state index contributed by atoms with van der Waals surface area (Å²) in [4.78, 5) is 0. The molecule has 0 aromatic heterocycles. The fraction of sp³-hybridized carbons (Fsp3) is 1.00. The van der Waals surface area contributed by atoms with Gasteiger partial charge in [-0.15, -0.1) is 0 Å². The average molecular weight is 192 g/mol. The Labute approximate surface area is 88.5 Å². The molecule has 0 N–H and O–H groups in total. The van der Waals surface area contributed by atoms with Crippen molar-refractivity contribution in [3.63, 3.8) is 0 Å². The van der Waals surface area contributed by atoms with Gasteiger partial charge in [0, 0.05) is 0 Å². The fourth-order valence-electron chi connectivity index (χ4n) is 4.78. The maximum absolute atomic E-state index is 2.47. The summed E-state index contributed by atoms with van der Waals surface area (Å²) in [6.45, 7) is 2.47. The van der Waals surface area contributed by atoms with Crippen molar-refractivity contribution < 1.29 is 0 Å². The standard InChI is InChI=1S/C14H24/c1-11-5-6-13-12(10-11)4-2-7-14(13)8-3-9-14/h11-13H,2-10H2,1H3/t11-,12-,13+/m1/s1. The van der Waals surface area contributed by atoms with Gasteiger partial charge in [-0.2, -0.15) is 0 Å². The van der Waals surface area contributed by atoms with Gasteiger partial charge in [-0.05, 0) is 55.3 Å². The van der Waals surface area contributed by atoms with Gasteiger partial charge < -0.3 is 0 Å². The van der Waals surface area contributed by atoms with Crippen LogP contribution in [0.1, 0.15) is 64.7 Å². The topological polar surface area (TPSA) is 0 Å². The van der Waals surface area contributed by atoms with E-state index in [1.807, 2.05) is 0 Å². The van der Waals surface area contributed by atoms with Crippen molar-refractivity contribution in [3.05, 3.63) is 0 Å². The molecule has 0 nitrogen and oxygen atoms in total. The summed E-state index contributed by atoms with van der Waals surface area (Å²) in [5.74, 6) is 3.32. The molecule has 3 rings (SSSR count). The first-order valence-electron chi connectivity index (χ1n) is 6.80. The molecule has 0 unspecified atom stereocenters. The SMILES string of the molecule is C[C@@H]1CC[C@H]2[C@H](CCCC23CCC3)C1. The van der Waals surface area contributed by atoms with Crippen LogP contribution in [0.4, 0.5) is 0 Å². The van der Waals surface area contributed by atoms with Crippen LogP contribution in [0.15, 0.2) is 0 Å². The molecule has 0 saturated heterocycles. The van der Waals surface area contributed by atoms with Gasteiger partial charge in [0.25, 0.3) is 0 Å². The van der Waals surface area contributed by atoms with Crippen LogP contribution in [0.3, 0.4) is 0 Å². The molecule has 0 heterocycles. The van der Waals surface area contributed by atoms with Gasteiger partial charge in [-0.1, -0.05) is 32.6 Å². The molecule has 0 aliphatic heterocycles. The Morgan fingerprint density at radius 1 is 0.929 bits per heavy atom. The highest BCUT2D eigenvalue weighted by Crippen LogP contribution is 2.60. The lowest BCUT2D eigenvalue weighted by Gasteiger charge is -2.56. The summed E-state index contributed by atoms with van der Waals surface area (Å²) in [5.41, 5.74) is 0.878. The van der Waals surface area contributed by atoms with Gasteiger partial charge in [0.15, 0.2) is 0 Å². The van der Waals surface area contributed by atoms with E-state index in [1.54, 1.807) is 51.4 Å². The summed E-state index contributed by atoms with van der Waals surface area (Å²) in [7, 11) is 0. The molecule has 0 heteroatoms. The van der Waals surface area contributed by atoms with Crippen molar-refractivity contribution >= 4 is 0 Å². The molecule has 3 fully saturated rings. The molecule has 3 atom stereocenters. The van der Waals surface area contributed by atoms with E-state index < -0.39 is 0 Å². The molecule has 0 aromatic carbocycles. The zero-order valence-electron chi connectivity index (χ0n) is 9.60. The van der Waals surface area contributed by atoms with E-state index in [4.69, 9.17) is 0 Å². The normalized spacial score (nSPS) is 45.6. The van der Waals surface area contributed by atoms with Crippen molar-refractivity contribution in [2.24, 2.45) is 23.2 Å². The van der Waals surface area contributed by atoms with Crippen LogP contribution >= 0.6 is 0 Å². The lowest BCUT2D eigenvalue weighted by molar-refractivity contribution is -0.0575. The highest BCUT2D eigenvalue weighted by molar-refractivity contribution is 5.00. The molecule has 3 aliphatic rings. The highest BCUT2D eigenvalue weighted by Gasteiger charge is 2.49. The zero-order chi connectivity index (χ0) is 9.60. The molecule has 0 amide bonds. The largest absolute Gasteiger partial charge is 0.0625 e. The third-order valence-electron chi connectivity index (χ3n) is 5.63. The van der Waals surface area contributed by atoms with Gasteiger partial charge in [0.2, 0.25) is 0 Å². The molecule has 80 valence electrons. The minimum atomic E-state index is 0.878. The first-order chi connectivity index (χ1) is 6.80. The summed E-state index contributed by atoms with van der Waals surface area (Å²) < 4.78 is 0. The lowest BCUT2D eigenvalue weighted by atomic mass is 9.49. The Hall–Kier alpha value is 0. The summed E-state index contributed by atoms with van der Waals surface area (Å²) in [5, 5.41) is 0. The Balaban J connectivity index is 1.77. The van der Waals surface area contributed by atoms with Gasteiger partial charge >= 0.3 is 0 Å². The van der Waals surface area contributed by atoms with Gasteiger partial charge in [0.1, 0.15) is 0 Å². The summed E-state index contributed by atoms with van der Waals surface area (Å²) >= 11 is 0. The number of hydrogen-bond donors (Lipinski definition) is 0. The molecular formula is C14H24. The third-order valence-corrected chi connectivity index (χ3v) is 5.63. The van der Waals surface area contributed by atoms with E-state index in [9.17, 15) is 0 Å². The highest BCUT2D eigenvalue weighted by atomic mass is 14.5. The van der Waals surface area contributed by atoms with Crippen molar-refractivity contribution in [3.8, 4) is 0 Å². The second-order valence-electron chi connectivity index (χ2n) is 6.39. The number of fused-ring (bicyclic) bond motifs is 2. The Morgan fingerprint density at radius 3 is 2.43 bits per heavy atom.